The number of benzene rings is 6. The van der Waals surface area contributed by atoms with Crippen molar-refractivity contribution in [2.24, 2.45) is 9.98 Å². The van der Waals surface area contributed by atoms with Gasteiger partial charge in [0, 0.05) is 49.2 Å². The minimum absolute atomic E-state index is 0.0361. The van der Waals surface area contributed by atoms with Gasteiger partial charge in [-0.3, -0.25) is 9.98 Å². The summed E-state index contributed by atoms with van der Waals surface area (Å²) in [4.78, 5) is 8.06. The molecule has 0 aliphatic heterocycles. The van der Waals surface area contributed by atoms with Crippen molar-refractivity contribution in [1.82, 2.24) is 30.0 Å². The van der Waals surface area contributed by atoms with Crippen LogP contribution < -0.4 is 9.47 Å². The molecule has 8 aromatic rings. The Morgan fingerprint density at radius 3 is 1.00 bits per heavy atom. The molecule has 18 nitrogen and oxygen atoms in total. The molecule has 90 heavy (non-hydrogen) atoms. The van der Waals surface area contributed by atoms with E-state index in [9.17, 15) is 40.9 Å². The van der Waals surface area contributed by atoms with Gasteiger partial charge < -0.3 is 50.3 Å². The predicted molar refractivity (Wildman–Crippen MR) is 349 cm³/mol. The standard InChI is InChI=1S/C72H88N8O10/c1-67(2,3)55-25-45-21-49-29-57(69(7,8)9)31-51(65(49)89-39-59-37-79(77-75-59)35-43-15-17-61(83)53(19-43)33-73-71(13,87)41-81)23-47-27-56(68(4,5)6)28-48(64(47)86)24-52-32-58(70(10,11)12)30-50(22-46(26-55)63(45)85)66(52)90-40-60-38-80(78-76-60)36-44-16-18-62(84)54(20-44)34-74-72(14,88)42-82/h15-20,25-34,37-38,81-88H,21-24,35-36,39-42H2,1-14H3. The Kier molecular flexibility index (Phi) is 18.7. The van der Waals surface area contributed by atoms with Gasteiger partial charge in [0.1, 0.15) is 59.1 Å². The SMILES string of the molecule is CC(O)(CO)N=Cc1cc(Cn2cc(COc3c4cc(C(C)(C)C)cc3Cc3cc(C(C)(C)C)cc(c3O)Cc3cc(C(C)(C)C)cc(c3OCc3cn(Cc5ccc(O)c(C=NC(C)(O)CO)c5)nn3)Cc3cc(C(C)(C)C)cc(c3O)C4)nn2)ccc1O. The smallest absolute Gasteiger partial charge is 0.176 e. The lowest BCUT2D eigenvalue weighted by molar-refractivity contribution is 0.0101. The number of rotatable bonds is 16. The van der Waals surface area contributed by atoms with E-state index in [1.54, 1.807) is 46.0 Å². The maximum absolute atomic E-state index is 12.9. The molecule has 8 N–H and O–H groups in total. The van der Waals surface area contributed by atoms with Gasteiger partial charge in [-0.2, -0.15) is 0 Å². The van der Waals surface area contributed by atoms with E-state index in [0.29, 0.717) is 95.0 Å². The van der Waals surface area contributed by atoms with Crippen LogP contribution in [0.1, 0.15) is 197 Å². The molecule has 0 spiro atoms. The van der Waals surface area contributed by atoms with Crippen molar-refractivity contribution in [1.29, 1.82) is 0 Å². The number of aromatic nitrogens is 6. The van der Waals surface area contributed by atoms with Gasteiger partial charge in [0.15, 0.2) is 11.4 Å². The Bertz CT molecular complexity index is 3640. The first kappa shape index (κ1) is 66.0. The van der Waals surface area contributed by atoms with Crippen LogP contribution in [0.15, 0.2) is 107 Å². The van der Waals surface area contributed by atoms with E-state index in [1.165, 1.54) is 38.4 Å². The van der Waals surface area contributed by atoms with Crippen molar-refractivity contribution in [3.63, 3.8) is 0 Å². The average Bonchev–Trinajstić information content (AvgIpc) is 0.936. The van der Waals surface area contributed by atoms with Gasteiger partial charge in [-0.25, -0.2) is 9.36 Å². The molecule has 0 saturated heterocycles. The summed E-state index contributed by atoms with van der Waals surface area (Å²) in [6, 6.07) is 27.2. The molecule has 2 unspecified atom stereocenters. The van der Waals surface area contributed by atoms with Crippen LogP contribution in [0, 0.1) is 0 Å². The number of phenols is 4. The monoisotopic (exact) mass is 1220 g/mol. The fraction of sp³-hybridized carbons (Fsp3) is 0.417. The highest BCUT2D eigenvalue weighted by Crippen LogP contribution is 2.44. The Hall–Kier alpha value is -8.42. The largest absolute Gasteiger partial charge is 0.507 e. The predicted octanol–water partition coefficient (Wildman–Crippen LogP) is 11.1. The molecule has 2 heterocycles. The molecule has 6 aromatic carbocycles. The number of hydrogen-bond donors (Lipinski definition) is 8. The average molecular weight is 1230 g/mol. The molecule has 476 valence electrons. The Morgan fingerprint density at radius 1 is 0.433 bits per heavy atom. The minimum atomic E-state index is -1.71. The Labute approximate surface area is 527 Å². The van der Waals surface area contributed by atoms with Crippen molar-refractivity contribution < 1.29 is 50.3 Å². The normalized spacial score (nSPS) is 14.7. The summed E-state index contributed by atoms with van der Waals surface area (Å²) >= 11 is 0. The third-order valence-corrected chi connectivity index (χ3v) is 16.3. The fourth-order valence-electron chi connectivity index (χ4n) is 10.8. The summed E-state index contributed by atoms with van der Waals surface area (Å²) in [6.45, 7) is 28.3. The lowest BCUT2D eigenvalue weighted by Gasteiger charge is -2.28. The molecule has 9 rings (SSSR count). The van der Waals surface area contributed by atoms with Gasteiger partial charge >= 0.3 is 0 Å². The van der Waals surface area contributed by atoms with Gasteiger partial charge in [0.25, 0.3) is 0 Å². The van der Waals surface area contributed by atoms with E-state index >= 15 is 0 Å². The number of nitrogens with zero attached hydrogens (tertiary/aromatic N) is 8. The molecule has 1 aliphatic rings. The summed E-state index contributed by atoms with van der Waals surface area (Å²) in [5.74, 6) is 1.45. The summed E-state index contributed by atoms with van der Waals surface area (Å²) in [6.07, 6.45) is 7.42. The molecule has 1 aliphatic carbocycles. The van der Waals surface area contributed by atoms with Gasteiger partial charge in [-0.1, -0.05) is 154 Å². The quantitative estimate of drug-likeness (QED) is 0.0418. The number of aliphatic hydroxyl groups excluding tert-OH is 2. The summed E-state index contributed by atoms with van der Waals surface area (Å²) < 4.78 is 17.4. The van der Waals surface area contributed by atoms with Crippen LogP contribution in [0.25, 0.3) is 0 Å². The second-order valence-corrected chi connectivity index (χ2v) is 28.7. The molecule has 18 heteroatoms. The van der Waals surface area contributed by atoms with Gasteiger partial charge in [0.2, 0.25) is 0 Å². The van der Waals surface area contributed by atoms with Crippen molar-refractivity contribution in [3.8, 4) is 34.5 Å². The summed E-state index contributed by atoms with van der Waals surface area (Å²) in [7, 11) is 0. The minimum Gasteiger partial charge on any atom is -0.507 e. The van der Waals surface area contributed by atoms with E-state index in [4.69, 9.17) is 9.47 Å². The second kappa shape index (κ2) is 25.5. The number of aliphatic imine (C=N–C) groups is 2. The fourth-order valence-corrected chi connectivity index (χ4v) is 10.8. The molecule has 0 fully saturated rings. The number of ether oxygens (including phenoxy) is 2. The lowest BCUT2D eigenvalue weighted by Crippen LogP contribution is -2.26. The van der Waals surface area contributed by atoms with Crippen LogP contribution in [0.4, 0.5) is 0 Å². The molecule has 0 radical (unpaired) electrons. The first-order valence-electron chi connectivity index (χ1n) is 30.5. The maximum atomic E-state index is 12.9. The Morgan fingerprint density at radius 2 is 0.722 bits per heavy atom. The highest BCUT2D eigenvalue weighted by atomic mass is 16.5. The van der Waals surface area contributed by atoms with Crippen LogP contribution in [0.3, 0.4) is 0 Å². The topological polar surface area (TPSA) is 266 Å². The molecule has 8 bridgehead atoms. The van der Waals surface area contributed by atoms with Crippen molar-refractivity contribution >= 4 is 12.4 Å². The highest BCUT2D eigenvalue weighted by molar-refractivity contribution is 5.84. The second-order valence-electron chi connectivity index (χ2n) is 28.7. The van der Waals surface area contributed by atoms with Crippen LogP contribution in [-0.2, 0) is 73.6 Å². The zero-order chi connectivity index (χ0) is 65.5. The van der Waals surface area contributed by atoms with Crippen molar-refractivity contribution in [2.45, 2.75) is 182 Å². The number of fused-ring (bicyclic) bond motifs is 8. The van der Waals surface area contributed by atoms with E-state index in [2.05, 4.69) is 162 Å². The Balaban J connectivity index is 1.15. The first-order chi connectivity index (χ1) is 42.0. The molecule has 2 aromatic heterocycles. The zero-order valence-electron chi connectivity index (χ0n) is 54.4. The van der Waals surface area contributed by atoms with E-state index in [0.717, 1.165) is 55.6 Å². The van der Waals surface area contributed by atoms with Crippen LogP contribution >= 0.6 is 0 Å². The van der Waals surface area contributed by atoms with E-state index < -0.39 is 24.7 Å². The van der Waals surface area contributed by atoms with Crippen LogP contribution in [-0.4, -0.2) is 108 Å². The van der Waals surface area contributed by atoms with Gasteiger partial charge in [-0.15, -0.1) is 10.2 Å². The molecule has 0 saturated carbocycles. The summed E-state index contributed by atoms with van der Waals surface area (Å²) in [5, 5.41) is 105. The zero-order valence-corrected chi connectivity index (χ0v) is 54.4. The highest BCUT2D eigenvalue weighted by Gasteiger charge is 2.30. The molecule has 0 amide bonds. The number of aromatic hydroxyl groups is 4. The van der Waals surface area contributed by atoms with E-state index in [1.807, 2.05) is 0 Å². The molecular weight excluding hydrogens is 1140 g/mol. The first-order valence-corrected chi connectivity index (χ1v) is 30.5. The van der Waals surface area contributed by atoms with Gasteiger partial charge in [-0.05, 0) is 138 Å². The van der Waals surface area contributed by atoms with E-state index in [-0.39, 0.29) is 57.9 Å². The number of phenolic OH excluding ortho intramolecular Hbond substituents is 4. The van der Waals surface area contributed by atoms with Gasteiger partial charge in [0.05, 0.1) is 38.7 Å². The third kappa shape index (κ3) is 15.9. The van der Waals surface area contributed by atoms with Crippen LogP contribution in [0.2, 0.25) is 0 Å². The summed E-state index contributed by atoms with van der Waals surface area (Å²) in [5.41, 5.74) is 9.07. The number of aliphatic hydroxyl groups is 4. The van der Waals surface area contributed by atoms with Crippen molar-refractivity contribution in [2.75, 3.05) is 13.2 Å². The lowest BCUT2D eigenvalue weighted by atomic mass is 9.79. The van der Waals surface area contributed by atoms with Crippen molar-refractivity contribution in [3.05, 3.63) is 198 Å². The maximum Gasteiger partial charge on any atom is 0.176 e. The third-order valence-electron chi connectivity index (χ3n) is 16.3. The number of hydrogen-bond acceptors (Lipinski definition) is 16. The molecule has 2 atom stereocenters. The van der Waals surface area contributed by atoms with Crippen LogP contribution in [0.5, 0.6) is 34.5 Å². The molecular formula is C72H88N8O10.